The number of nitrogens with zero attached hydrogens (tertiary/aromatic N) is 2. The monoisotopic (exact) mass is 385 g/mol. The van der Waals surface area contributed by atoms with E-state index in [2.05, 4.69) is 32.6 Å². The normalized spacial score (nSPS) is 12.6. The Morgan fingerprint density at radius 2 is 2.10 bits per heavy atom. The van der Waals surface area contributed by atoms with Crippen molar-refractivity contribution in [2.45, 2.75) is 6.92 Å². The molecule has 1 aromatic carbocycles. The van der Waals surface area contributed by atoms with E-state index in [0.29, 0.717) is 28.9 Å². The number of hydrogen-bond donors (Lipinski definition) is 1. The summed E-state index contributed by atoms with van der Waals surface area (Å²) >= 11 is 2.13. The van der Waals surface area contributed by atoms with Gasteiger partial charge in [0.1, 0.15) is 5.82 Å². The lowest BCUT2D eigenvalue weighted by Gasteiger charge is -2.09. The highest BCUT2D eigenvalue weighted by Crippen LogP contribution is 2.43. The van der Waals surface area contributed by atoms with E-state index in [0.717, 1.165) is 14.8 Å². The number of benzene rings is 1. The van der Waals surface area contributed by atoms with Crippen LogP contribution in [0.4, 0.5) is 5.82 Å². The van der Waals surface area contributed by atoms with Gasteiger partial charge in [-0.05, 0) is 41.6 Å². The fourth-order valence-electron chi connectivity index (χ4n) is 1.97. The van der Waals surface area contributed by atoms with E-state index in [1.54, 1.807) is 7.11 Å². The van der Waals surface area contributed by atoms with Gasteiger partial charge in [-0.2, -0.15) is 0 Å². The zero-order chi connectivity index (χ0) is 14.3. The number of methoxy groups -OCH3 is 1. The van der Waals surface area contributed by atoms with Crippen LogP contribution in [0.3, 0.4) is 0 Å². The second kappa shape index (κ2) is 4.97. The zero-order valence-corrected chi connectivity index (χ0v) is 13.1. The summed E-state index contributed by atoms with van der Waals surface area (Å²) in [5.74, 6) is 2.82. The molecule has 0 atom stereocenters. The Bertz CT molecular complexity index is 668. The quantitative estimate of drug-likeness (QED) is 0.800. The van der Waals surface area contributed by atoms with Crippen LogP contribution in [-0.2, 0) is 0 Å². The molecule has 104 valence electrons. The molecule has 2 N–H and O–H groups in total. The van der Waals surface area contributed by atoms with Gasteiger partial charge >= 0.3 is 0 Å². The first-order chi connectivity index (χ1) is 9.60. The number of rotatable bonds is 2. The van der Waals surface area contributed by atoms with Crippen LogP contribution in [0.2, 0.25) is 0 Å². The second-order valence-corrected chi connectivity index (χ2v) is 5.32. The summed E-state index contributed by atoms with van der Waals surface area (Å²) in [4.78, 5) is 8.77. The Kier molecular flexibility index (Phi) is 3.28. The molecule has 2 aromatic rings. The van der Waals surface area contributed by atoms with Crippen molar-refractivity contribution < 1.29 is 14.2 Å². The number of nitrogens with two attached hydrogens (primary N) is 1. The van der Waals surface area contributed by atoms with E-state index in [4.69, 9.17) is 19.9 Å². The van der Waals surface area contributed by atoms with Gasteiger partial charge < -0.3 is 19.9 Å². The van der Waals surface area contributed by atoms with Gasteiger partial charge in [0, 0.05) is 5.56 Å². The average molecular weight is 385 g/mol. The fraction of sp³-hybridized carbons (Fsp3) is 0.231. The highest BCUT2D eigenvalue weighted by Gasteiger charge is 2.21. The lowest BCUT2D eigenvalue weighted by molar-refractivity contribution is 0.171. The first kappa shape index (κ1) is 13.2. The minimum absolute atomic E-state index is 0.184. The van der Waals surface area contributed by atoms with Gasteiger partial charge in [0.15, 0.2) is 17.3 Å². The number of ether oxygens (including phenoxy) is 3. The van der Waals surface area contributed by atoms with Crippen LogP contribution in [-0.4, -0.2) is 23.9 Å². The molecule has 0 amide bonds. The third-order valence-electron chi connectivity index (χ3n) is 2.96. The van der Waals surface area contributed by atoms with Crippen molar-refractivity contribution in [3.63, 3.8) is 0 Å². The van der Waals surface area contributed by atoms with Gasteiger partial charge in [-0.15, -0.1) is 0 Å². The van der Waals surface area contributed by atoms with Crippen molar-refractivity contribution in [1.82, 2.24) is 9.97 Å². The lowest BCUT2D eigenvalue weighted by Crippen LogP contribution is -2.02. The first-order valence-corrected chi connectivity index (χ1v) is 6.95. The number of fused-ring (bicyclic) bond motifs is 1. The van der Waals surface area contributed by atoms with Crippen LogP contribution in [0.5, 0.6) is 17.2 Å². The van der Waals surface area contributed by atoms with Crippen molar-refractivity contribution >= 4 is 28.4 Å². The first-order valence-electron chi connectivity index (χ1n) is 5.87. The zero-order valence-electron chi connectivity index (χ0n) is 10.9. The predicted molar refractivity (Wildman–Crippen MR) is 82.0 cm³/mol. The lowest BCUT2D eigenvalue weighted by atomic mass is 10.1. The standard InChI is InChI=1S/C13H12IN3O3/c1-6-10(14)12(15)17-13(16-6)7-3-8(18-2)11-9(4-7)19-5-20-11/h3-4H,5H2,1-2H3,(H2,15,16,17). The summed E-state index contributed by atoms with van der Waals surface area (Å²) in [7, 11) is 1.58. The second-order valence-electron chi connectivity index (χ2n) is 4.24. The number of nitrogen functional groups attached to an aromatic ring is 1. The molecule has 0 bridgehead atoms. The molecule has 0 unspecified atom stereocenters. The van der Waals surface area contributed by atoms with Crippen molar-refractivity contribution in [1.29, 1.82) is 0 Å². The topological polar surface area (TPSA) is 79.5 Å². The summed E-state index contributed by atoms with van der Waals surface area (Å²) in [6, 6.07) is 3.64. The van der Waals surface area contributed by atoms with Crippen LogP contribution in [0.25, 0.3) is 11.4 Å². The Morgan fingerprint density at radius 1 is 1.30 bits per heavy atom. The average Bonchev–Trinajstić information content (AvgIpc) is 2.91. The third kappa shape index (κ3) is 2.11. The van der Waals surface area contributed by atoms with Crippen LogP contribution < -0.4 is 19.9 Å². The molecule has 1 aromatic heterocycles. The molecule has 0 aliphatic carbocycles. The molecule has 0 saturated heterocycles. The maximum Gasteiger partial charge on any atom is 0.231 e. The molecule has 1 aliphatic heterocycles. The molecule has 0 spiro atoms. The molecular formula is C13H12IN3O3. The summed E-state index contributed by atoms with van der Waals surface area (Å²) in [5, 5.41) is 0. The molecule has 0 radical (unpaired) electrons. The van der Waals surface area contributed by atoms with Crippen molar-refractivity contribution in [2.75, 3.05) is 19.6 Å². The Labute approximate surface area is 129 Å². The maximum absolute atomic E-state index is 5.90. The molecule has 6 nitrogen and oxygen atoms in total. The summed E-state index contributed by atoms with van der Waals surface area (Å²) in [6.07, 6.45) is 0. The molecule has 1 aliphatic rings. The number of anilines is 1. The van der Waals surface area contributed by atoms with E-state index in [9.17, 15) is 0 Å². The van der Waals surface area contributed by atoms with E-state index < -0.39 is 0 Å². The predicted octanol–water partition coefficient (Wildman–Crippen LogP) is 2.38. The van der Waals surface area contributed by atoms with Gasteiger partial charge in [-0.25, -0.2) is 9.97 Å². The molecule has 0 saturated carbocycles. The Morgan fingerprint density at radius 3 is 2.80 bits per heavy atom. The summed E-state index contributed by atoms with van der Waals surface area (Å²) < 4.78 is 16.9. The minimum atomic E-state index is 0.184. The third-order valence-corrected chi connectivity index (χ3v) is 4.29. The van der Waals surface area contributed by atoms with Gasteiger partial charge in [-0.3, -0.25) is 0 Å². The highest BCUT2D eigenvalue weighted by molar-refractivity contribution is 14.1. The van der Waals surface area contributed by atoms with Gasteiger partial charge in [0.2, 0.25) is 12.5 Å². The summed E-state index contributed by atoms with van der Waals surface area (Å²) in [5.41, 5.74) is 7.51. The van der Waals surface area contributed by atoms with E-state index >= 15 is 0 Å². The van der Waals surface area contributed by atoms with Gasteiger partial charge in [-0.1, -0.05) is 0 Å². The van der Waals surface area contributed by atoms with Crippen molar-refractivity contribution in [3.8, 4) is 28.6 Å². The molecule has 7 heteroatoms. The van der Waals surface area contributed by atoms with E-state index in [-0.39, 0.29) is 6.79 Å². The number of aryl methyl sites for hydroxylation is 1. The largest absolute Gasteiger partial charge is 0.493 e. The van der Waals surface area contributed by atoms with Crippen LogP contribution in [0.1, 0.15) is 5.69 Å². The van der Waals surface area contributed by atoms with Crippen LogP contribution >= 0.6 is 22.6 Å². The van der Waals surface area contributed by atoms with Crippen molar-refractivity contribution in [3.05, 3.63) is 21.4 Å². The molecule has 0 fully saturated rings. The highest BCUT2D eigenvalue weighted by atomic mass is 127. The molecule has 3 rings (SSSR count). The number of aromatic nitrogens is 2. The van der Waals surface area contributed by atoms with E-state index in [1.807, 2.05) is 19.1 Å². The maximum atomic E-state index is 5.90. The number of hydrogen-bond acceptors (Lipinski definition) is 6. The van der Waals surface area contributed by atoms with E-state index in [1.165, 1.54) is 0 Å². The minimum Gasteiger partial charge on any atom is -0.493 e. The van der Waals surface area contributed by atoms with Crippen LogP contribution in [0, 0.1) is 10.5 Å². The van der Waals surface area contributed by atoms with Gasteiger partial charge in [0.25, 0.3) is 0 Å². The Balaban J connectivity index is 2.16. The molecule has 2 heterocycles. The molecular weight excluding hydrogens is 373 g/mol. The Hall–Kier alpha value is -1.77. The fourth-order valence-corrected chi connectivity index (χ4v) is 2.21. The SMILES string of the molecule is COc1cc(-c2nc(C)c(I)c(N)n2)cc2c1OCO2. The van der Waals surface area contributed by atoms with Gasteiger partial charge in [0.05, 0.1) is 16.4 Å². The summed E-state index contributed by atoms with van der Waals surface area (Å²) in [6.45, 7) is 2.08. The molecule has 20 heavy (non-hydrogen) atoms. The number of halogens is 1. The smallest absolute Gasteiger partial charge is 0.231 e. The van der Waals surface area contributed by atoms with Crippen molar-refractivity contribution in [2.24, 2.45) is 0 Å². The van der Waals surface area contributed by atoms with Crippen LogP contribution in [0.15, 0.2) is 12.1 Å².